The van der Waals surface area contributed by atoms with Crippen molar-refractivity contribution < 1.29 is 14.4 Å². The molecular weight excluding hydrogens is 320 g/mol. The van der Waals surface area contributed by atoms with Crippen LogP contribution in [-0.2, 0) is 9.59 Å². The number of carbonyl (C=O) groups is 3. The van der Waals surface area contributed by atoms with Gasteiger partial charge in [-0.2, -0.15) is 0 Å². The summed E-state index contributed by atoms with van der Waals surface area (Å²) in [5, 5.41) is 2.37. The molecule has 0 saturated carbocycles. The van der Waals surface area contributed by atoms with Crippen LogP contribution >= 0.6 is 24.8 Å². The molecule has 7 heteroatoms. The molecule has 0 atom stereocenters. The predicted octanol–water partition coefficient (Wildman–Crippen LogP) is 1.51. The van der Waals surface area contributed by atoms with E-state index in [0.717, 1.165) is 11.0 Å². The van der Waals surface area contributed by atoms with E-state index in [2.05, 4.69) is 24.5 Å². The van der Waals surface area contributed by atoms with Gasteiger partial charge in [0, 0.05) is 23.1 Å². The molecule has 0 radical (unpaired) electrons. The first-order chi connectivity index (χ1) is 10.5. The SMILES string of the molecule is C=CCN1C(=O)C(=CC(=O)c2ccccc2S)C(=O)NC1=S. The second kappa shape index (κ2) is 6.67. The molecular formula is C15H12N2O3S2. The lowest BCUT2D eigenvalue weighted by Crippen LogP contribution is -2.54. The number of hydrogen-bond donors (Lipinski definition) is 2. The van der Waals surface area contributed by atoms with E-state index in [-0.39, 0.29) is 17.2 Å². The van der Waals surface area contributed by atoms with E-state index < -0.39 is 17.6 Å². The van der Waals surface area contributed by atoms with E-state index in [4.69, 9.17) is 12.2 Å². The van der Waals surface area contributed by atoms with Crippen molar-refractivity contribution in [3.63, 3.8) is 0 Å². The number of amides is 2. The molecule has 1 aromatic rings. The van der Waals surface area contributed by atoms with Crippen LogP contribution in [0.2, 0.25) is 0 Å². The lowest BCUT2D eigenvalue weighted by molar-refractivity contribution is -0.128. The maximum absolute atomic E-state index is 12.3. The third-order valence-electron chi connectivity index (χ3n) is 2.94. The van der Waals surface area contributed by atoms with Crippen molar-refractivity contribution in [2.75, 3.05) is 6.54 Å². The lowest BCUT2D eigenvalue weighted by Gasteiger charge is -2.27. The minimum Gasteiger partial charge on any atom is -0.298 e. The largest absolute Gasteiger partial charge is 0.298 e. The third kappa shape index (κ3) is 3.15. The van der Waals surface area contributed by atoms with Crippen LogP contribution in [0.5, 0.6) is 0 Å². The summed E-state index contributed by atoms with van der Waals surface area (Å²) in [7, 11) is 0. The summed E-state index contributed by atoms with van der Waals surface area (Å²) in [6, 6.07) is 6.62. The number of ketones is 1. The van der Waals surface area contributed by atoms with Gasteiger partial charge in [0.2, 0.25) is 0 Å². The monoisotopic (exact) mass is 332 g/mol. The topological polar surface area (TPSA) is 66.5 Å². The van der Waals surface area contributed by atoms with Crippen molar-refractivity contribution in [1.29, 1.82) is 0 Å². The maximum Gasteiger partial charge on any atom is 0.266 e. The van der Waals surface area contributed by atoms with Crippen LogP contribution in [0.1, 0.15) is 10.4 Å². The number of thiol groups is 1. The fraction of sp³-hybridized carbons (Fsp3) is 0.0667. The summed E-state index contributed by atoms with van der Waals surface area (Å²) in [4.78, 5) is 38.1. The Bertz CT molecular complexity index is 725. The molecule has 1 heterocycles. The lowest BCUT2D eigenvalue weighted by atomic mass is 10.1. The molecule has 112 valence electrons. The second-order valence-electron chi connectivity index (χ2n) is 4.40. The average molecular weight is 332 g/mol. The van der Waals surface area contributed by atoms with Gasteiger partial charge in [-0.05, 0) is 24.4 Å². The van der Waals surface area contributed by atoms with E-state index in [0.29, 0.717) is 10.5 Å². The molecule has 5 nitrogen and oxygen atoms in total. The van der Waals surface area contributed by atoms with E-state index >= 15 is 0 Å². The van der Waals surface area contributed by atoms with Crippen LogP contribution in [0.15, 0.2) is 53.5 Å². The highest BCUT2D eigenvalue weighted by molar-refractivity contribution is 7.80. The van der Waals surface area contributed by atoms with Gasteiger partial charge in [0.15, 0.2) is 10.9 Å². The first kappa shape index (κ1) is 16.1. The number of nitrogens with one attached hydrogen (secondary N) is 1. The van der Waals surface area contributed by atoms with Crippen LogP contribution in [0.3, 0.4) is 0 Å². The van der Waals surface area contributed by atoms with Crippen LogP contribution in [0.25, 0.3) is 0 Å². The smallest absolute Gasteiger partial charge is 0.266 e. The Morgan fingerprint density at radius 2 is 2.05 bits per heavy atom. The molecule has 0 aliphatic carbocycles. The molecule has 1 aliphatic rings. The Balaban J connectivity index is 2.37. The molecule has 1 aliphatic heterocycles. The van der Waals surface area contributed by atoms with Gasteiger partial charge in [-0.3, -0.25) is 24.6 Å². The normalized spacial score (nSPS) is 16.7. The Morgan fingerprint density at radius 3 is 2.68 bits per heavy atom. The summed E-state index contributed by atoms with van der Waals surface area (Å²) >= 11 is 9.11. The standard InChI is InChI=1S/C15H12N2O3S2/c1-2-7-17-14(20)10(13(19)16-15(17)22)8-11(18)9-5-3-4-6-12(9)21/h2-6,8,21H,1,7H2,(H,16,19,22). The molecule has 1 saturated heterocycles. The molecule has 1 fully saturated rings. The molecule has 0 aromatic heterocycles. The van der Waals surface area contributed by atoms with Gasteiger partial charge >= 0.3 is 0 Å². The minimum absolute atomic E-state index is 0.00547. The van der Waals surface area contributed by atoms with Gasteiger partial charge in [-0.25, -0.2) is 0 Å². The number of benzene rings is 1. The van der Waals surface area contributed by atoms with Crippen molar-refractivity contribution in [3.05, 3.63) is 54.1 Å². The molecule has 2 amide bonds. The number of hydrogen-bond acceptors (Lipinski definition) is 5. The minimum atomic E-state index is -0.694. The van der Waals surface area contributed by atoms with Gasteiger partial charge < -0.3 is 0 Å². The number of allylic oxidation sites excluding steroid dienone is 1. The summed E-state index contributed by atoms with van der Waals surface area (Å²) < 4.78 is 0. The fourth-order valence-corrected chi connectivity index (χ4v) is 2.40. The van der Waals surface area contributed by atoms with Gasteiger partial charge in [0.25, 0.3) is 11.8 Å². The van der Waals surface area contributed by atoms with Crippen molar-refractivity contribution in [2.45, 2.75) is 4.90 Å². The van der Waals surface area contributed by atoms with E-state index in [1.165, 1.54) is 6.08 Å². The zero-order chi connectivity index (χ0) is 16.3. The van der Waals surface area contributed by atoms with Gasteiger partial charge in [0.1, 0.15) is 5.57 Å². The molecule has 2 rings (SSSR count). The highest BCUT2D eigenvalue weighted by Crippen LogP contribution is 2.16. The number of thiocarbonyl (C=S) groups is 1. The quantitative estimate of drug-likeness (QED) is 0.219. The van der Waals surface area contributed by atoms with Crippen LogP contribution in [-0.4, -0.2) is 34.2 Å². The summed E-state index contributed by atoms with van der Waals surface area (Å²) in [5.74, 6) is -1.80. The van der Waals surface area contributed by atoms with Crippen LogP contribution < -0.4 is 5.32 Å². The highest BCUT2D eigenvalue weighted by atomic mass is 32.1. The van der Waals surface area contributed by atoms with Crippen molar-refractivity contribution in [3.8, 4) is 0 Å². The molecule has 0 spiro atoms. The van der Waals surface area contributed by atoms with Gasteiger partial charge in [0.05, 0.1) is 0 Å². The Hall–Kier alpha value is -2.25. The average Bonchev–Trinajstić information content (AvgIpc) is 2.48. The summed E-state index contributed by atoms with van der Waals surface area (Å²) in [6.45, 7) is 3.67. The summed E-state index contributed by atoms with van der Waals surface area (Å²) in [5.41, 5.74) is 0.0411. The van der Waals surface area contributed by atoms with E-state index in [1.54, 1.807) is 24.3 Å². The molecule has 1 N–H and O–H groups in total. The first-order valence-corrected chi connectivity index (χ1v) is 7.13. The van der Waals surface area contributed by atoms with Crippen molar-refractivity contribution in [2.24, 2.45) is 0 Å². The predicted molar refractivity (Wildman–Crippen MR) is 88.8 cm³/mol. The Labute approximate surface area is 138 Å². The van der Waals surface area contributed by atoms with Crippen LogP contribution in [0, 0.1) is 0 Å². The molecule has 0 bridgehead atoms. The van der Waals surface area contributed by atoms with Crippen molar-refractivity contribution >= 4 is 47.6 Å². The molecule has 22 heavy (non-hydrogen) atoms. The third-order valence-corrected chi connectivity index (χ3v) is 3.65. The highest BCUT2D eigenvalue weighted by Gasteiger charge is 2.33. The zero-order valence-corrected chi connectivity index (χ0v) is 13.1. The number of nitrogens with zero attached hydrogens (tertiary/aromatic N) is 1. The second-order valence-corrected chi connectivity index (χ2v) is 5.27. The molecule has 0 unspecified atom stereocenters. The zero-order valence-electron chi connectivity index (χ0n) is 11.4. The number of rotatable bonds is 4. The van der Waals surface area contributed by atoms with Crippen LogP contribution in [0.4, 0.5) is 0 Å². The van der Waals surface area contributed by atoms with E-state index in [9.17, 15) is 14.4 Å². The Morgan fingerprint density at radius 1 is 1.36 bits per heavy atom. The Kier molecular flexibility index (Phi) is 4.89. The van der Waals surface area contributed by atoms with Gasteiger partial charge in [-0.1, -0.05) is 18.2 Å². The maximum atomic E-state index is 12.3. The molecule has 1 aromatic carbocycles. The fourth-order valence-electron chi connectivity index (χ4n) is 1.88. The number of carbonyl (C=O) groups excluding carboxylic acids is 3. The first-order valence-electron chi connectivity index (χ1n) is 6.27. The summed E-state index contributed by atoms with van der Waals surface area (Å²) in [6.07, 6.45) is 2.48. The van der Waals surface area contributed by atoms with Crippen molar-refractivity contribution in [1.82, 2.24) is 10.2 Å². The van der Waals surface area contributed by atoms with Gasteiger partial charge in [-0.15, -0.1) is 19.2 Å². The van der Waals surface area contributed by atoms with E-state index in [1.807, 2.05) is 0 Å².